The second-order valence-corrected chi connectivity index (χ2v) is 5.71. The Morgan fingerprint density at radius 2 is 2.10 bits per heavy atom. The van der Waals surface area contributed by atoms with Gasteiger partial charge in [-0.3, -0.25) is 4.79 Å². The van der Waals surface area contributed by atoms with E-state index >= 15 is 0 Å². The fourth-order valence-electron chi connectivity index (χ4n) is 2.26. The zero-order chi connectivity index (χ0) is 14.1. The van der Waals surface area contributed by atoms with Crippen LogP contribution in [-0.2, 0) is 6.42 Å². The number of ether oxygens (including phenoxy) is 1. The van der Waals surface area contributed by atoms with E-state index in [1.807, 2.05) is 37.3 Å². The minimum Gasteiger partial charge on any atom is -0.493 e. The number of hydrogen-bond acceptors (Lipinski definition) is 2. The van der Waals surface area contributed by atoms with Gasteiger partial charge in [-0.2, -0.15) is 0 Å². The van der Waals surface area contributed by atoms with Crippen molar-refractivity contribution in [2.45, 2.75) is 13.3 Å². The summed E-state index contributed by atoms with van der Waals surface area (Å²) >= 11 is 3.45. The van der Waals surface area contributed by atoms with E-state index in [1.54, 1.807) is 6.07 Å². The summed E-state index contributed by atoms with van der Waals surface area (Å²) in [6, 6.07) is 11.4. The molecule has 3 nitrogen and oxygen atoms in total. The number of anilines is 1. The molecule has 0 unspecified atom stereocenters. The van der Waals surface area contributed by atoms with Gasteiger partial charge in [0, 0.05) is 16.5 Å². The van der Waals surface area contributed by atoms with Crippen LogP contribution in [0.4, 0.5) is 5.69 Å². The normalized spacial score (nSPS) is 12.7. The van der Waals surface area contributed by atoms with Crippen molar-refractivity contribution in [3.05, 3.63) is 57.6 Å². The number of halogens is 1. The fraction of sp³-hybridized carbons (Fsp3) is 0.188. The monoisotopic (exact) mass is 331 g/mol. The molecule has 1 aliphatic heterocycles. The number of carbonyl (C=O) groups is 1. The molecule has 0 aromatic heterocycles. The first-order chi connectivity index (χ1) is 9.63. The van der Waals surface area contributed by atoms with Crippen LogP contribution in [0.2, 0.25) is 0 Å². The minimum absolute atomic E-state index is 0.106. The SMILES string of the molecule is Cc1ccc(Br)c(NC(=O)c2ccc3c(c2)CCO3)c1. The predicted octanol–water partition coefficient (Wildman–Crippen LogP) is 3.94. The molecule has 0 spiro atoms. The molecule has 20 heavy (non-hydrogen) atoms. The standard InChI is InChI=1S/C16H14BrNO2/c1-10-2-4-13(17)14(8-10)18-16(19)12-3-5-15-11(9-12)6-7-20-15/h2-5,8-9H,6-7H2,1H3,(H,18,19). The first-order valence-corrected chi connectivity index (χ1v) is 7.26. The quantitative estimate of drug-likeness (QED) is 0.904. The Labute approximate surface area is 126 Å². The van der Waals surface area contributed by atoms with Gasteiger partial charge in [0.25, 0.3) is 5.91 Å². The van der Waals surface area contributed by atoms with Crippen molar-refractivity contribution in [1.29, 1.82) is 0 Å². The highest BCUT2D eigenvalue weighted by Crippen LogP contribution is 2.27. The molecule has 0 aliphatic carbocycles. The summed E-state index contributed by atoms with van der Waals surface area (Å²) in [7, 11) is 0. The van der Waals surface area contributed by atoms with Crippen molar-refractivity contribution in [1.82, 2.24) is 0 Å². The lowest BCUT2D eigenvalue weighted by molar-refractivity contribution is 0.102. The van der Waals surface area contributed by atoms with Crippen LogP contribution in [0.5, 0.6) is 5.75 Å². The Balaban J connectivity index is 1.84. The van der Waals surface area contributed by atoms with Crippen molar-refractivity contribution < 1.29 is 9.53 Å². The summed E-state index contributed by atoms with van der Waals surface area (Å²) in [4.78, 5) is 12.3. The number of benzene rings is 2. The zero-order valence-electron chi connectivity index (χ0n) is 11.1. The van der Waals surface area contributed by atoms with Crippen LogP contribution in [-0.4, -0.2) is 12.5 Å². The van der Waals surface area contributed by atoms with Crippen LogP contribution in [0, 0.1) is 6.92 Å². The average Bonchev–Trinajstić information content (AvgIpc) is 2.90. The van der Waals surface area contributed by atoms with E-state index in [-0.39, 0.29) is 5.91 Å². The number of aryl methyl sites for hydroxylation is 1. The minimum atomic E-state index is -0.106. The van der Waals surface area contributed by atoms with E-state index in [2.05, 4.69) is 21.2 Å². The predicted molar refractivity (Wildman–Crippen MR) is 82.5 cm³/mol. The summed E-state index contributed by atoms with van der Waals surface area (Å²) in [6.45, 7) is 2.69. The van der Waals surface area contributed by atoms with Gasteiger partial charge >= 0.3 is 0 Å². The van der Waals surface area contributed by atoms with Crippen molar-refractivity contribution in [3.63, 3.8) is 0 Å². The van der Waals surface area contributed by atoms with Crippen LogP contribution in [0.25, 0.3) is 0 Å². The number of carbonyl (C=O) groups excluding carboxylic acids is 1. The van der Waals surface area contributed by atoms with Crippen molar-refractivity contribution >= 4 is 27.5 Å². The summed E-state index contributed by atoms with van der Waals surface area (Å²) in [5, 5.41) is 2.93. The largest absolute Gasteiger partial charge is 0.493 e. The summed E-state index contributed by atoms with van der Waals surface area (Å²) in [6.07, 6.45) is 0.866. The molecule has 0 bridgehead atoms. The third-order valence-electron chi connectivity index (χ3n) is 3.32. The molecule has 102 valence electrons. The van der Waals surface area contributed by atoms with Crippen LogP contribution in [0.15, 0.2) is 40.9 Å². The maximum atomic E-state index is 12.3. The topological polar surface area (TPSA) is 38.3 Å². The molecule has 0 saturated carbocycles. The Morgan fingerprint density at radius 3 is 2.95 bits per heavy atom. The summed E-state index contributed by atoms with van der Waals surface area (Å²) in [5.74, 6) is 0.782. The molecule has 0 saturated heterocycles. The highest BCUT2D eigenvalue weighted by atomic mass is 79.9. The van der Waals surface area contributed by atoms with Gasteiger partial charge in [-0.1, -0.05) is 6.07 Å². The van der Waals surface area contributed by atoms with Gasteiger partial charge in [0.2, 0.25) is 0 Å². The van der Waals surface area contributed by atoms with E-state index in [0.29, 0.717) is 12.2 Å². The van der Waals surface area contributed by atoms with Gasteiger partial charge in [0.15, 0.2) is 0 Å². The smallest absolute Gasteiger partial charge is 0.255 e. The van der Waals surface area contributed by atoms with E-state index in [1.165, 1.54) is 0 Å². The van der Waals surface area contributed by atoms with Gasteiger partial charge in [-0.15, -0.1) is 0 Å². The Kier molecular flexibility index (Phi) is 3.49. The van der Waals surface area contributed by atoms with E-state index in [0.717, 1.165) is 33.5 Å². The zero-order valence-corrected chi connectivity index (χ0v) is 12.7. The number of amides is 1. The molecule has 2 aromatic carbocycles. The number of rotatable bonds is 2. The Hall–Kier alpha value is -1.81. The van der Waals surface area contributed by atoms with Gasteiger partial charge in [-0.05, 0) is 64.3 Å². The molecule has 1 heterocycles. The first kappa shape index (κ1) is 13.2. The fourth-order valence-corrected chi connectivity index (χ4v) is 2.60. The molecule has 1 aliphatic rings. The van der Waals surface area contributed by atoms with Gasteiger partial charge in [-0.25, -0.2) is 0 Å². The average molecular weight is 332 g/mol. The summed E-state index contributed by atoms with van der Waals surface area (Å²) in [5.41, 5.74) is 3.64. The highest BCUT2D eigenvalue weighted by molar-refractivity contribution is 9.10. The molecular weight excluding hydrogens is 318 g/mol. The molecule has 3 rings (SSSR count). The lowest BCUT2D eigenvalue weighted by Crippen LogP contribution is -2.12. The number of fused-ring (bicyclic) bond motifs is 1. The first-order valence-electron chi connectivity index (χ1n) is 6.47. The molecule has 0 radical (unpaired) electrons. The second kappa shape index (κ2) is 5.29. The maximum absolute atomic E-state index is 12.3. The molecular formula is C16H14BrNO2. The van der Waals surface area contributed by atoms with Crippen molar-refractivity contribution in [3.8, 4) is 5.75 Å². The highest BCUT2D eigenvalue weighted by Gasteiger charge is 2.15. The Bertz CT molecular complexity index is 682. The van der Waals surface area contributed by atoms with Crippen LogP contribution >= 0.6 is 15.9 Å². The van der Waals surface area contributed by atoms with E-state index < -0.39 is 0 Å². The lowest BCUT2D eigenvalue weighted by Gasteiger charge is -2.09. The maximum Gasteiger partial charge on any atom is 0.255 e. The van der Waals surface area contributed by atoms with Gasteiger partial charge in [0.05, 0.1) is 12.3 Å². The second-order valence-electron chi connectivity index (χ2n) is 4.86. The van der Waals surface area contributed by atoms with Crippen molar-refractivity contribution in [2.75, 3.05) is 11.9 Å². The van der Waals surface area contributed by atoms with Gasteiger partial charge < -0.3 is 10.1 Å². The lowest BCUT2D eigenvalue weighted by atomic mass is 10.1. The molecule has 4 heteroatoms. The van der Waals surface area contributed by atoms with Gasteiger partial charge in [0.1, 0.15) is 5.75 Å². The molecule has 1 amide bonds. The van der Waals surface area contributed by atoms with E-state index in [4.69, 9.17) is 4.74 Å². The Morgan fingerprint density at radius 1 is 1.25 bits per heavy atom. The number of hydrogen-bond donors (Lipinski definition) is 1. The molecule has 0 fully saturated rings. The molecule has 0 atom stereocenters. The van der Waals surface area contributed by atoms with Crippen LogP contribution < -0.4 is 10.1 Å². The van der Waals surface area contributed by atoms with Crippen molar-refractivity contribution in [2.24, 2.45) is 0 Å². The molecule has 2 aromatic rings. The third-order valence-corrected chi connectivity index (χ3v) is 4.01. The molecule has 1 N–H and O–H groups in total. The number of nitrogens with one attached hydrogen (secondary N) is 1. The summed E-state index contributed by atoms with van der Waals surface area (Å²) < 4.78 is 6.32. The van der Waals surface area contributed by atoms with E-state index in [9.17, 15) is 4.79 Å². The van der Waals surface area contributed by atoms with Crippen LogP contribution in [0.1, 0.15) is 21.5 Å². The third kappa shape index (κ3) is 2.56. The van der Waals surface area contributed by atoms with Crippen LogP contribution in [0.3, 0.4) is 0 Å².